The van der Waals surface area contributed by atoms with E-state index in [4.69, 9.17) is 4.74 Å². The SMILES string of the molecule is CN1CCC(C#N)(c2ccc(OCCCN3CCCC3)cc2)CC1. The van der Waals surface area contributed by atoms with Crippen molar-refractivity contribution in [3.8, 4) is 11.8 Å². The summed E-state index contributed by atoms with van der Waals surface area (Å²) in [7, 11) is 2.13. The molecule has 0 saturated carbocycles. The number of likely N-dealkylation sites (tertiary alicyclic amines) is 2. The van der Waals surface area contributed by atoms with Crippen molar-refractivity contribution in [2.45, 2.75) is 37.5 Å². The number of nitrogens with zero attached hydrogens (tertiary/aromatic N) is 3. The molecule has 2 aliphatic heterocycles. The van der Waals surface area contributed by atoms with E-state index >= 15 is 0 Å². The van der Waals surface area contributed by atoms with Crippen molar-refractivity contribution in [1.82, 2.24) is 9.80 Å². The van der Waals surface area contributed by atoms with Crippen molar-refractivity contribution in [2.24, 2.45) is 0 Å². The van der Waals surface area contributed by atoms with Crippen LogP contribution in [0.1, 0.15) is 37.7 Å². The largest absolute Gasteiger partial charge is 0.494 e. The van der Waals surface area contributed by atoms with Crippen LogP contribution in [-0.2, 0) is 5.41 Å². The predicted octanol–water partition coefficient (Wildman–Crippen LogP) is 3.04. The van der Waals surface area contributed by atoms with Gasteiger partial charge in [0.25, 0.3) is 0 Å². The van der Waals surface area contributed by atoms with Crippen LogP contribution in [0.4, 0.5) is 0 Å². The molecule has 130 valence electrons. The minimum Gasteiger partial charge on any atom is -0.494 e. The summed E-state index contributed by atoms with van der Waals surface area (Å²) in [5.41, 5.74) is 0.823. The van der Waals surface area contributed by atoms with Crippen LogP contribution in [0.25, 0.3) is 0 Å². The molecule has 2 heterocycles. The molecule has 0 amide bonds. The summed E-state index contributed by atoms with van der Waals surface area (Å²) < 4.78 is 5.87. The molecular weight excluding hydrogens is 298 g/mol. The van der Waals surface area contributed by atoms with Gasteiger partial charge in [0.15, 0.2) is 0 Å². The van der Waals surface area contributed by atoms with Crippen LogP contribution in [-0.4, -0.2) is 56.2 Å². The van der Waals surface area contributed by atoms with E-state index in [1.807, 2.05) is 12.1 Å². The lowest BCUT2D eigenvalue weighted by molar-refractivity contribution is 0.222. The molecule has 2 saturated heterocycles. The lowest BCUT2D eigenvalue weighted by Crippen LogP contribution is -2.39. The van der Waals surface area contributed by atoms with Crippen molar-refractivity contribution in [3.63, 3.8) is 0 Å². The molecule has 2 fully saturated rings. The van der Waals surface area contributed by atoms with E-state index in [1.54, 1.807) is 0 Å². The third kappa shape index (κ3) is 4.09. The fourth-order valence-corrected chi connectivity index (χ4v) is 3.82. The first-order chi connectivity index (χ1) is 11.7. The molecule has 2 aliphatic rings. The van der Waals surface area contributed by atoms with E-state index in [0.29, 0.717) is 0 Å². The summed E-state index contributed by atoms with van der Waals surface area (Å²) in [5.74, 6) is 0.918. The maximum absolute atomic E-state index is 9.72. The first-order valence-electron chi connectivity index (χ1n) is 9.27. The van der Waals surface area contributed by atoms with E-state index in [9.17, 15) is 5.26 Å². The summed E-state index contributed by atoms with van der Waals surface area (Å²) in [6.07, 6.45) is 5.60. The number of rotatable bonds is 6. The van der Waals surface area contributed by atoms with Gasteiger partial charge in [-0.15, -0.1) is 0 Å². The smallest absolute Gasteiger partial charge is 0.119 e. The third-order valence-electron chi connectivity index (χ3n) is 5.55. The van der Waals surface area contributed by atoms with Crippen molar-refractivity contribution >= 4 is 0 Å². The molecular formula is C20H29N3O. The average molecular weight is 327 g/mol. The van der Waals surface area contributed by atoms with Gasteiger partial charge in [0, 0.05) is 6.54 Å². The molecule has 0 aliphatic carbocycles. The highest BCUT2D eigenvalue weighted by molar-refractivity contribution is 5.37. The van der Waals surface area contributed by atoms with Gasteiger partial charge in [-0.3, -0.25) is 0 Å². The number of hydrogen-bond acceptors (Lipinski definition) is 4. The zero-order valence-electron chi connectivity index (χ0n) is 14.8. The molecule has 0 atom stereocenters. The fourth-order valence-electron chi connectivity index (χ4n) is 3.82. The van der Waals surface area contributed by atoms with Crippen molar-refractivity contribution in [3.05, 3.63) is 29.8 Å². The summed E-state index contributed by atoms with van der Waals surface area (Å²) in [5, 5.41) is 9.72. The Morgan fingerprint density at radius 2 is 1.75 bits per heavy atom. The van der Waals surface area contributed by atoms with Crippen LogP contribution in [0.15, 0.2) is 24.3 Å². The Morgan fingerprint density at radius 3 is 2.38 bits per heavy atom. The fraction of sp³-hybridized carbons (Fsp3) is 0.650. The molecule has 1 aromatic rings. The standard InChI is InChI=1S/C20H29N3O/c1-22-14-9-20(17-21,10-15-22)18-5-7-19(8-6-18)24-16-4-13-23-11-2-3-12-23/h5-8H,2-4,9-16H2,1H3. The maximum atomic E-state index is 9.72. The topological polar surface area (TPSA) is 39.5 Å². The normalized spacial score (nSPS) is 21.5. The Bertz CT molecular complexity index is 549. The molecule has 0 aromatic heterocycles. The predicted molar refractivity (Wildman–Crippen MR) is 96.3 cm³/mol. The van der Waals surface area contributed by atoms with Crippen LogP contribution < -0.4 is 4.74 Å². The molecule has 0 unspecified atom stereocenters. The molecule has 4 heteroatoms. The van der Waals surface area contributed by atoms with Crippen LogP contribution in [0.5, 0.6) is 5.75 Å². The minimum atomic E-state index is -0.319. The number of nitriles is 1. The van der Waals surface area contributed by atoms with Gasteiger partial charge in [0.1, 0.15) is 5.75 Å². The van der Waals surface area contributed by atoms with Gasteiger partial charge in [-0.2, -0.15) is 5.26 Å². The van der Waals surface area contributed by atoms with E-state index in [1.165, 1.54) is 25.9 Å². The monoisotopic (exact) mass is 327 g/mol. The van der Waals surface area contributed by atoms with E-state index in [2.05, 4.69) is 35.0 Å². The second-order valence-corrected chi connectivity index (χ2v) is 7.27. The zero-order chi connectivity index (χ0) is 16.8. The van der Waals surface area contributed by atoms with Crippen molar-refractivity contribution < 1.29 is 4.74 Å². The Hall–Kier alpha value is -1.57. The lowest BCUT2D eigenvalue weighted by Gasteiger charge is -2.35. The van der Waals surface area contributed by atoms with Crippen molar-refractivity contribution in [2.75, 3.05) is 46.4 Å². The van der Waals surface area contributed by atoms with Crippen LogP contribution in [0.2, 0.25) is 0 Å². The number of hydrogen-bond donors (Lipinski definition) is 0. The highest BCUT2D eigenvalue weighted by Crippen LogP contribution is 2.35. The first-order valence-corrected chi connectivity index (χ1v) is 9.27. The van der Waals surface area contributed by atoms with Crippen molar-refractivity contribution in [1.29, 1.82) is 5.26 Å². The maximum Gasteiger partial charge on any atom is 0.119 e. The second-order valence-electron chi connectivity index (χ2n) is 7.27. The van der Waals surface area contributed by atoms with Gasteiger partial charge >= 0.3 is 0 Å². The van der Waals surface area contributed by atoms with Gasteiger partial charge in [-0.25, -0.2) is 0 Å². The number of ether oxygens (including phenoxy) is 1. The minimum absolute atomic E-state index is 0.319. The molecule has 4 nitrogen and oxygen atoms in total. The Morgan fingerprint density at radius 1 is 1.08 bits per heavy atom. The van der Waals surface area contributed by atoms with Crippen LogP contribution in [0.3, 0.4) is 0 Å². The molecule has 0 bridgehead atoms. The van der Waals surface area contributed by atoms with E-state index in [-0.39, 0.29) is 5.41 Å². The Labute approximate surface area is 146 Å². The first kappa shape index (κ1) is 17.3. The Balaban J connectivity index is 1.50. The van der Waals surface area contributed by atoms with E-state index in [0.717, 1.165) is 56.8 Å². The molecule has 0 N–H and O–H groups in total. The van der Waals surface area contributed by atoms with Gasteiger partial charge < -0.3 is 14.5 Å². The highest BCUT2D eigenvalue weighted by atomic mass is 16.5. The molecule has 1 aromatic carbocycles. The Kier molecular flexibility index (Phi) is 5.76. The quantitative estimate of drug-likeness (QED) is 0.753. The molecule has 0 spiro atoms. The lowest BCUT2D eigenvalue weighted by atomic mass is 9.74. The van der Waals surface area contributed by atoms with Crippen LogP contribution >= 0.6 is 0 Å². The molecule has 0 radical (unpaired) electrons. The zero-order valence-corrected chi connectivity index (χ0v) is 14.8. The van der Waals surface area contributed by atoms with Gasteiger partial charge in [0.05, 0.1) is 18.1 Å². The second kappa shape index (κ2) is 8.00. The summed E-state index contributed by atoms with van der Waals surface area (Å²) in [6, 6.07) is 10.8. The molecule has 3 rings (SSSR count). The summed E-state index contributed by atoms with van der Waals surface area (Å²) in [6.45, 7) is 6.39. The highest BCUT2D eigenvalue weighted by Gasteiger charge is 2.35. The van der Waals surface area contributed by atoms with Crippen LogP contribution in [0, 0.1) is 11.3 Å². The van der Waals surface area contributed by atoms with Gasteiger partial charge in [-0.05, 0) is 83.0 Å². The average Bonchev–Trinajstić information content (AvgIpc) is 3.14. The third-order valence-corrected chi connectivity index (χ3v) is 5.55. The van der Waals surface area contributed by atoms with Gasteiger partial charge in [-0.1, -0.05) is 12.1 Å². The number of piperidine rings is 1. The van der Waals surface area contributed by atoms with Gasteiger partial charge in [0.2, 0.25) is 0 Å². The summed E-state index contributed by atoms with van der Waals surface area (Å²) >= 11 is 0. The van der Waals surface area contributed by atoms with E-state index < -0.39 is 0 Å². The molecule has 24 heavy (non-hydrogen) atoms. The summed E-state index contributed by atoms with van der Waals surface area (Å²) in [4.78, 5) is 4.82. The number of benzene rings is 1.